The molecule has 2 nitrogen and oxygen atoms in total. The molecule has 0 amide bonds. The van der Waals surface area contributed by atoms with Gasteiger partial charge < -0.3 is 10.2 Å². The summed E-state index contributed by atoms with van der Waals surface area (Å²) in [5.74, 6) is 1.74. The van der Waals surface area contributed by atoms with E-state index in [1.807, 2.05) is 0 Å². The topological polar surface area (TPSA) is 15.3 Å². The van der Waals surface area contributed by atoms with Crippen molar-refractivity contribution in [2.45, 2.75) is 40.2 Å². The van der Waals surface area contributed by atoms with Crippen molar-refractivity contribution in [3.05, 3.63) is 0 Å². The van der Waals surface area contributed by atoms with Crippen LogP contribution < -0.4 is 5.32 Å². The molecule has 1 aliphatic heterocycles. The van der Waals surface area contributed by atoms with Crippen LogP contribution in [0.3, 0.4) is 0 Å². The van der Waals surface area contributed by atoms with Gasteiger partial charge in [0.15, 0.2) is 0 Å². The van der Waals surface area contributed by atoms with E-state index in [0.717, 1.165) is 11.8 Å². The minimum Gasteiger partial charge on any atom is -0.316 e. The average molecular weight is 198 g/mol. The van der Waals surface area contributed by atoms with Gasteiger partial charge in [-0.05, 0) is 51.7 Å². The Morgan fingerprint density at radius 3 is 2.21 bits per heavy atom. The average Bonchev–Trinajstić information content (AvgIpc) is 1.98. The van der Waals surface area contributed by atoms with Gasteiger partial charge in [0, 0.05) is 12.6 Å². The predicted molar refractivity (Wildman–Crippen MR) is 62.5 cm³/mol. The first-order chi connectivity index (χ1) is 6.59. The molecule has 0 spiro atoms. The normalized spacial score (nSPS) is 18.2. The number of nitrogens with one attached hydrogen (secondary N) is 1. The highest BCUT2D eigenvalue weighted by atomic mass is 15.1. The van der Waals surface area contributed by atoms with Crippen LogP contribution in [0.15, 0.2) is 0 Å². The van der Waals surface area contributed by atoms with E-state index in [0.29, 0.717) is 6.04 Å². The second-order valence-electron chi connectivity index (χ2n) is 5.30. The van der Waals surface area contributed by atoms with Crippen LogP contribution in [-0.2, 0) is 0 Å². The highest BCUT2D eigenvalue weighted by molar-refractivity contribution is 4.76. The van der Waals surface area contributed by atoms with Crippen LogP contribution in [0.2, 0.25) is 0 Å². The molecule has 1 heterocycles. The fourth-order valence-electron chi connectivity index (χ4n) is 1.93. The van der Waals surface area contributed by atoms with Crippen LogP contribution in [0.5, 0.6) is 0 Å². The summed E-state index contributed by atoms with van der Waals surface area (Å²) < 4.78 is 0. The van der Waals surface area contributed by atoms with Gasteiger partial charge >= 0.3 is 0 Å². The highest BCUT2D eigenvalue weighted by Crippen LogP contribution is 2.12. The first kappa shape index (κ1) is 12.0. The molecule has 2 heteroatoms. The molecule has 1 saturated heterocycles. The van der Waals surface area contributed by atoms with Gasteiger partial charge in [-0.2, -0.15) is 0 Å². The zero-order chi connectivity index (χ0) is 10.6. The molecule has 0 bridgehead atoms. The molecular formula is C12H26N2. The summed E-state index contributed by atoms with van der Waals surface area (Å²) >= 11 is 0. The SMILES string of the molecule is CC(C)CN(CCC1CNC1)C(C)C. The van der Waals surface area contributed by atoms with Crippen molar-refractivity contribution in [2.75, 3.05) is 26.2 Å². The number of nitrogens with zero attached hydrogens (tertiary/aromatic N) is 1. The molecule has 1 aliphatic rings. The molecule has 0 aromatic heterocycles. The van der Waals surface area contributed by atoms with E-state index >= 15 is 0 Å². The smallest absolute Gasteiger partial charge is 0.00387 e. The van der Waals surface area contributed by atoms with Gasteiger partial charge in [-0.15, -0.1) is 0 Å². The van der Waals surface area contributed by atoms with Crippen molar-refractivity contribution in [3.63, 3.8) is 0 Å². The zero-order valence-electron chi connectivity index (χ0n) is 10.2. The molecule has 0 aromatic rings. The maximum atomic E-state index is 3.34. The molecule has 14 heavy (non-hydrogen) atoms. The summed E-state index contributed by atoms with van der Waals surface area (Å²) in [7, 11) is 0. The van der Waals surface area contributed by atoms with Crippen LogP contribution in [-0.4, -0.2) is 37.1 Å². The van der Waals surface area contributed by atoms with Crippen LogP contribution in [0.1, 0.15) is 34.1 Å². The van der Waals surface area contributed by atoms with Gasteiger partial charge in [0.1, 0.15) is 0 Å². The van der Waals surface area contributed by atoms with Gasteiger partial charge in [0.05, 0.1) is 0 Å². The third kappa shape index (κ3) is 3.97. The van der Waals surface area contributed by atoms with E-state index in [1.54, 1.807) is 0 Å². The molecule has 1 rings (SSSR count). The Labute approximate surface area is 89.1 Å². The van der Waals surface area contributed by atoms with E-state index in [2.05, 4.69) is 37.9 Å². The molecule has 0 radical (unpaired) electrons. The highest BCUT2D eigenvalue weighted by Gasteiger charge is 2.19. The molecule has 84 valence electrons. The van der Waals surface area contributed by atoms with Crippen LogP contribution in [0.4, 0.5) is 0 Å². The lowest BCUT2D eigenvalue weighted by Gasteiger charge is -2.33. The van der Waals surface area contributed by atoms with E-state index in [9.17, 15) is 0 Å². The van der Waals surface area contributed by atoms with Crippen LogP contribution in [0, 0.1) is 11.8 Å². The Morgan fingerprint density at radius 1 is 1.21 bits per heavy atom. The minimum atomic E-state index is 0.699. The third-order valence-corrected chi connectivity index (χ3v) is 3.02. The Balaban J connectivity index is 2.19. The maximum absolute atomic E-state index is 3.34. The molecule has 1 fully saturated rings. The first-order valence-electron chi connectivity index (χ1n) is 6.04. The molecule has 0 atom stereocenters. The third-order valence-electron chi connectivity index (χ3n) is 3.02. The minimum absolute atomic E-state index is 0.699. The van der Waals surface area contributed by atoms with Crippen LogP contribution in [0.25, 0.3) is 0 Å². The van der Waals surface area contributed by atoms with Gasteiger partial charge in [-0.25, -0.2) is 0 Å². The molecule has 0 aromatic carbocycles. The van der Waals surface area contributed by atoms with E-state index in [4.69, 9.17) is 0 Å². The fourth-order valence-corrected chi connectivity index (χ4v) is 1.93. The Kier molecular flexibility index (Phi) is 4.90. The molecule has 0 aliphatic carbocycles. The fraction of sp³-hybridized carbons (Fsp3) is 1.00. The Bertz CT molecular complexity index is 150. The van der Waals surface area contributed by atoms with Crippen molar-refractivity contribution in [1.82, 2.24) is 10.2 Å². The van der Waals surface area contributed by atoms with Crippen LogP contribution >= 0.6 is 0 Å². The summed E-state index contributed by atoms with van der Waals surface area (Å²) in [6, 6.07) is 0.699. The van der Waals surface area contributed by atoms with E-state index in [1.165, 1.54) is 32.6 Å². The molecular weight excluding hydrogens is 172 g/mol. The predicted octanol–water partition coefficient (Wildman–Crippen LogP) is 1.96. The summed E-state index contributed by atoms with van der Waals surface area (Å²) in [5.41, 5.74) is 0. The summed E-state index contributed by atoms with van der Waals surface area (Å²) in [6.45, 7) is 14.2. The largest absolute Gasteiger partial charge is 0.316 e. The number of hydrogen-bond donors (Lipinski definition) is 1. The maximum Gasteiger partial charge on any atom is 0.00387 e. The van der Waals surface area contributed by atoms with Crippen molar-refractivity contribution < 1.29 is 0 Å². The van der Waals surface area contributed by atoms with Crippen molar-refractivity contribution in [1.29, 1.82) is 0 Å². The zero-order valence-corrected chi connectivity index (χ0v) is 10.2. The van der Waals surface area contributed by atoms with Crippen molar-refractivity contribution in [3.8, 4) is 0 Å². The lowest BCUT2D eigenvalue weighted by molar-refractivity contribution is 0.172. The second-order valence-corrected chi connectivity index (χ2v) is 5.30. The molecule has 0 saturated carbocycles. The molecule has 1 N–H and O–H groups in total. The Hall–Kier alpha value is -0.0800. The summed E-state index contributed by atoms with van der Waals surface area (Å²) in [6.07, 6.45) is 1.37. The number of hydrogen-bond acceptors (Lipinski definition) is 2. The van der Waals surface area contributed by atoms with Gasteiger partial charge in [0.25, 0.3) is 0 Å². The summed E-state index contributed by atoms with van der Waals surface area (Å²) in [4.78, 5) is 2.61. The van der Waals surface area contributed by atoms with Crippen molar-refractivity contribution in [2.24, 2.45) is 11.8 Å². The number of rotatable bonds is 6. The summed E-state index contributed by atoms with van der Waals surface area (Å²) in [5, 5.41) is 3.34. The van der Waals surface area contributed by atoms with E-state index in [-0.39, 0.29) is 0 Å². The second kappa shape index (κ2) is 5.72. The van der Waals surface area contributed by atoms with Gasteiger partial charge in [-0.1, -0.05) is 13.8 Å². The Morgan fingerprint density at radius 2 is 1.86 bits per heavy atom. The lowest BCUT2D eigenvalue weighted by atomic mass is 9.98. The van der Waals surface area contributed by atoms with Gasteiger partial charge in [-0.3, -0.25) is 0 Å². The monoisotopic (exact) mass is 198 g/mol. The van der Waals surface area contributed by atoms with E-state index < -0.39 is 0 Å². The molecule has 0 unspecified atom stereocenters. The lowest BCUT2D eigenvalue weighted by Crippen LogP contribution is -2.44. The standard InChI is InChI=1S/C12H26N2/c1-10(2)9-14(11(3)4)6-5-12-7-13-8-12/h10-13H,5-9H2,1-4H3. The van der Waals surface area contributed by atoms with Gasteiger partial charge in [0.2, 0.25) is 0 Å². The van der Waals surface area contributed by atoms with Crippen molar-refractivity contribution >= 4 is 0 Å². The quantitative estimate of drug-likeness (QED) is 0.702. The first-order valence-corrected chi connectivity index (χ1v) is 6.04.